The van der Waals surface area contributed by atoms with E-state index in [1.165, 1.54) is 12.8 Å². The number of carbonyl (C=O) groups is 1. The summed E-state index contributed by atoms with van der Waals surface area (Å²) in [6, 6.07) is 8.00. The molecule has 2 aromatic rings. The fourth-order valence-electron chi connectivity index (χ4n) is 3.05. The molecule has 1 aliphatic rings. The molecule has 1 heterocycles. The number of hydrogen-bond acceptors (Lipinski definition) is 4. The number of nitrogens with one attached hydrogen (secondary N) is 2. The number of hydrogen-bond donors (Lipinski definition) is 2. The number of aryl methyl sites for hydroxylation is 2. The molecule has 1 aromatic heterocycles. The quantitative estimate of drug-likeness (QED) is 0.881. The highest BCUT2D eigenvalue weighted by molar-refractivity contribution is 5.76. The van der Waals surface area contributed by atoms with E-state index in [1.54, 1.807) is 0 Å². The highest BCUT2D eigenvalue weighted by Gasteiger charge is 2.17. The number of benzene rings is 1. The first-order valence-corrected chi connectivity index (χ1v) is 8.44. The molecule has 0 unspecified atom stereocenters. The lowest BCUT2D eigenvalue weighted by Crippen LogP contribution is -2.33. The van der Waals surface area contributed by atoms with Crippen molar-refractivity contribution in [3.05, 3.63) is 45.9 Å². The molecule has 1 amide bonds. The van der Waals surface area contributed by atoms with Crippen molar-refractivity contribution in [2.24, 2.45) is 0 Å². The van der Waals surface area contributed by atoms with E-state index in [2.05, 4.69) is 20.5 Å². The monoisotopic (exact) mass is 326 g/mol. The van der Waals surface area contributed by atoms with Gasteiger partial charge in [-0.3, -0.25) is 9.59 Å². The van der Waals surface area contributed by atoms with Gasteiger partial charge in [0.15, 0.2) is 5.82 Å². The van der Waals surface area contributed by atoms with Crippen LogP contribution in [0, 0.1) is 6.92 Å². The van der Waals surface area contributed by atoms with Crippen LogP contribution in [0.3, 0.4) is 0 Å². The number of nitrogens with zero attached hydrogens (tertiary/aromatic N) is 2. The SMILES string of the molecule is Cc1cccc(-c2nnc(CCC(=O)NC3CCCC3)c(=O)[nH]2)c1. The Balaban J connectivity index is 1.62. The van der Waals surface area contributed by atoms with Gasteiger partial charge in [-0.05, 0) is 25.8 Å². The van der Waals surface area contributed by atoms with Crippen molar-refractivity contribution < 1.29 is 4.79 Å². The Morgan fingerprint density at radius 3 is 2.79 bits per heavy atom. The van der Waals surface area contributed by atoms with Crippen LogP contribution in [0.4, 0.5) is 0 Å². The molecule has 3 rings (SSSR count). The summed E-state index contributed by atoms with van der Waals surface area (Å²) < 4.78 is 0. The topological polar surface area (TPSA) is 87.7 Å². The third-order valence-corrected chi connectivity index (χ3v) is 4.37. The molecule has 0 spiro atoms. The average Bonchev–Trinajstić information content (AvgIpc) is 3.06. The third kappa shape index (κ3) is 4.07. The van der Waals surface area contributed by atoms with Crippen molar-refractivity contribution >= 4 is 5.91 Å². The molecule has 0 saturated heterocycles. The molecule has 6 nitrogen and oxygen atoms in total. The summed E-state index contributed by atoms with van der Waals surface area (Å²) in [6.45, 7) is 1.98. The number of aromatic amines is 1. The second-order valence-electron chi connectivity index (χ2n) is 6.37. The van der Waals surface area contributed by atoms with Gasteiger partial charge in [0, 0.05) is 24.4 Å². The van der Waals surface area contributed by atoms with E-state index in [-0.39, 0.29) is 17.9 Å². The van der Waals surface area contributed by atoms with Crippen LogP contribution in [-0.2, 0) is 11.2 Å². The number of aromatic nitrogens is 3. The van der Waals surface area contributed by atoms with Gasteiger partial charge in [0.1, 0.15) is 5.69 Å². The minimum absolute atomic E-state index is 0.0224. The number of H-pyrrole nitrogens is 1. The maximum atomic E-state index is 12.2. The summed E-state index contributed by atoms with van der Waals surface area (Å²) in [4.78, 5) is 26.9. The van der Waals surface area contributed by atoms with Crippen molar-refractivity contribution in [2.75, 3.05) is 0 Å². The summed E-state index contributed by atoms with van der Waals surface area (Å²) >= 11 is 0. The molecule has 0 bridgehead atoms. The lowest BCUT2D eigenvalue weighted by Gasteiger charge is -2.11. The standard InChI is InChI=1S/C18H22N4O2/c1-12-5-4-6-13(11-12)17-20-18(24)15(21-22-17)9-10-16(23)19-14-7-2-3-8-14/h4-6,11,14H,2-3,7-10H2,1H3,(H,19,23)(H,20,22,24). The smallest absolute Gasteiger partial charge is 0.273 e. The second-order valence-corrected chi connectivity index (χ2v) is 6.37. The summed E-state index contributed by atoms with van der Waals surface area (Å²) in [5.41, 5.74) is 1.93. The van der Waals surface area contributed by atoms with E-state index in [1.807, 2.05) is 31.2 Å². The van der Waals surface area contributed by atoms with Crippen molar-refractivity contribution in [2.45, 2.75) is 51.5 Å². The maximum absolute atomic E-state index is 12.2. The van der Waals surface area contributed by atoms with Crippen LogP contribution in [0.1, 0.15) is 43.4 Å². The summed E-state index contributed by atoms with van der Waals surface area (Å²) in [7, 11) is 0. The lowest BCUT2D eigenvalue weighted by atomic mass is 10.1. The first-order chi connectivity index (χ1) is 11.6. The Bertz CT molecular complexity index is 779. The predicted molar refractivity (Wildman–Crippen MR) is 91.5 cm³/mol. The third-order valence-electron chi connectivity index (χ3n) is 4.37. The van der Waals surface area contributed by atoms with E-state index in [4.69, 9.17) is 0 Å². The molecule has 0 radical (unpaired) electrons. The van der Waals surface area contributed by atoms with Crippen LogP contribution in [0.25, 0.3) is 11.4 Å². The first-order valence-electron chi connectivity index (χ1n) is 8.44. The Kier molecular flexibility index (Phi) is 5.03. The molecule has 0 aliphatic heterocycles. The molecule has 1 fully saturated rings. The molecule has 2 N–H and O–H groups in total. The zero-order valence-corrected chi connectivity index (χ0v) is 13.8. The van der Waals surface area contributed by atoms with Crippen molar-refractivity contribution in [1.82, 2.24) is 20.5 Å². The Labute approximate surface area is 140 Å². The number of carbonyl (C=O) groups excluding carboxylic acids is 1. The molecule has 0 atom stereocenters. The first kappa shape index (κ1) is 16.4. The van der Waals surface area contributed by atoms with Gasteiger partial charge in [0.05, 0.1) is 0 Å². The summed E-state index contributed by atoms with van der Waals surface area (Å²) in [5.74, 6) is 0.425. The highest BCUT2D eigenvalue weighted by Crippen LogP contribution is 2.17. The average molecular weight is 326 g/mol. The van der Waals surface area contributed by atoms with Gasteiger partial charge < -0.3 is 10.3 Å². The molecule has 126 valence electrons. The Hall–Kier alpha value is -2.50. The lowest BCUT2D eigenvalue weighted by molar-refractivity contribution is -0.121. The van der Waals surface area contributed by atoms with E-state index < -0.39 is 0 Å². The minimum atomic E-state index is -0.282. The van der Waals surface area contributed by atoms with Crippen molar-refractivity contribution in [1.29, 1.82) is 0 Å². The summed E-state index contributed by atoms with van der Waals surface area (Å²) in [5, 5.41) is 11.1. The maximum Gasteiger partial charge on any atom is 0.273 e. The molecule has 1 saturated carbocycles. The van der Waals surface area contributed by atoms with Gasteiger partial charge >= 0.3 is 0 Å². The van der Waals surface area contributed by atoms with Crippen LogP contribution in [0.5, 0.6) is 0 Å². The van der Waals surface area contributed by atoms with Gasteiger partial charge in [-0.1, -0.05) is 36.6 Å². The zero-order valence-electron chi connectivity index (χ0n) is 13.8. The number of rotatable bonds is 5. The van der Waals surface area contributed by atoms with Gasteiger partial charge in [0.2, 0.25) is 5.91 Å². The minimum Gasteiger partial charge on any atom is -0.353 e. The van der Waals surface area contributed by atoms with Crippen LogP contribution in [0.2, 0.25) is 0 Å². The van der Waals surface area contributed by atoms with Crippen LogP contribution in [0.15, 0.2) is 29.1 Å². The number of amides is 1. The molecular weight excluding hydrogens is 304 g/mol. The molecular formula is C18H22N4O2. The molecule has 6 heteroatoms. The van der Waals surface area contributed by atoms with Crippen molar-refractivity contribution in [3.8, 4) is 11.4 Å². The van der Waals surface area contributed by atoms with Gasteiger partial charge in [0.25, 0.3) is 5.56 Å². The van der Waals surface area contributed by atoms with E-state index in [0.717, 1.165) is 24.0 Å². The van der Waals surface area contributed by atoms with Gasteiger partial charge in [-0.2, -0.15) is 0 Å². The zero-order chi connectivity index (χ0) is 16.9. The highest BCUT2D eigenvalue weighted by atomic mass is 16.1. The summed E-state index contributed by atoms with van der Waals surface area (Å²) in [6.07, 6.45) is 5.02. The Morgan fingerprint density at radius 2 is 2.08 bits per heavy atom. The van der Waals surface area contributed by atoms with Gasteiger partial charge in [-0.15, -0.1) is 10.2 Å². The van der Waals surface area contributed by atoms with Crippen LogP contribution in [-0.4, -0.2) is 27.1 Å². The molecule has 1 aliphatic carbocycles. The van der Waals surface area contributed by atoms with E-state index >= 15 is 0 Å². The predicted octanol–water partition coefficient (Wildman–Crippen LogP) is 2.13. The van der Waals surface area contributed by atoms with E-state index in [9.17, 15) is 9.59 Å². The fraction of sp³-hybridized carbons (Fsp3) is 0.444. The van der Waals surface area contributed by atoms with E-state index in [0.29, 0.717) is 24.0 Å². The van der Waals surface area contributed by atoms with Gasteiger partial charge in [-0.25, -0.2) is 0 Å². The molecule has 24 heavy (non-hydrogen) atoms. The normalized spacial score (nSPS) is 14.7. The fourth-order valence-corrected chi connectivity index (χ4v) is 3.05. The molecule has 1 aromatic carbocycles. The van der Waals surface area contributed by atoms with Crippen molar-refractivity contribution in [3.63, 3.8) is 0 Å². The van der Waals surface area contributed by atoms with Crippen LogP contribution >= 0.6 is 0 Å². The Morgan fingerprint density at radius 1 is 1.29 bits per heavy atom. The van der Waals surface area contributed by atoms with Crippen LogP contribution < -0.4 is 10.9 Å². The second kappa shape index (κ2) is 7.38. The largest absolute Gasteiger partial charge is 0.353 e.